The summed E-state index contributed by atoms with van der Waals surface area (Å²) in [4.78, 5) is 7.63. The van der Waals surface area contributed by atoms with E-state index in [0.29, 0.717) is 0 Å². The van der Waals surface area contributed by atoms with Crippen molar-refractivity contribution in [2.45, 2.75) is 20.3 Å². The van der Waals surface area contributed by atoms with Crippen LogP contribution < -0.4 is 0 Å². The van der Waals surface area contributed by atoms with E-state index in [0.717, 1.165) is 33.7 Å². The highest BCUT2D eigenvalue weighted by Gasteiger charge is 2.10. The maximum atomic E-state index is 6.67. The van der Waals surface area contributed by atoms with Gasteiger partial charge in [0.15, 0.2) is 0 Å². The standard InChI is InChI=1S/C28H23ClN2/c1-18-3-4-20(13-19(18)2)14-25-15-24-16-26(27(29)17-28(24)31-25)23-7-5-21(6-8-23)22-9-11-30-12-10-22/h3-13,15-17,31H,14H2,1-2H3. The molecule has 2 aromatic heterocycles. The van der Waals surface area contributed by atoms with E-state index in [1.54, 1.807) is 0 Å². The summed E-state index contributed by atoms with van der Waals surface area (Å²) in [6.45, 7) is 4.31. The van der Waals surface area contributed by atoms with Gasteiger partial charge in [0.1, 0.15) is 0 Å². The first kappa shape index (κ1) is 19.6. The molecule has 0 aliphatic carbocycles. The summed E-state index contributed by atoms with van der Waals surface area (Å²) in [5.41, 5.74) is 10.7. The second kappa shape index (κ2) is 8.05. The molecule has 5 aromatic rings. The lowest BCUT2D eigenvalue weighted by atomic mass is 10.00. The predicted molar refractivity (Wildman–Crippen MR) is 131 cm³/mol. The molecule has 2 heterocycles. The Morgan fingerprint density at radius 3 is 2.19 bits per heavy atom. The van der Waals surface area contributed by atoms with E-state index < -0.39 is 0 Å². The summed E-state index contributed by atoms with van der Waals surface area (Å²) < 4.78 is 0. The van der Waals surface area contributed by atoms with Gasteiger partial charge in [0.2, 0.25) is 0 Å². The van der Waals surface area contributed by atoms with Gasteiger partial charge in [-0.2, -0.15) is 0 Å². The smallest absolute Gasteiger partial charge is 0.0505 e. The number of halogens is 1. The van der Waals surface area contributed by atoms with Crippen molar-refractivity contribution in [1.29, 1.82) is 0 Å². The normalized spacial score (nSPS) is 11.2. The molecule has 0 unspecified atom stereocenters. The van der Waals surface area contributed by atoms with E-state index in [2.05, 4.69) is 78.4 Å². The minimum atomic E-state index is 0.753. The van der Waals surface area contributed by atoms with E-state index in [1.165, 1.54) is 33.3 Å². The molecule has 0 spiro atoms. The highest BCUT2D eigenvalue weighted by Crippen LogP contribution is 2.34. The number of aryl methyl sites for hydroxylation is 2. The van der Waals surface area contributed by atoms with Crippen LogP contribution in [0, 0.1) is 13.8 Å². The molecule has 5 rings (SSSR count). The summed E-state index contributed by atoms with van der Waals surface area (Å²) in [6, 6.07) is 25.7. The third kappa shape index (κ3) is 3.99. The maximum Gasteiger partial charge on any atom is 0.0505 e. The third-order valence-electron chi connectivity index (χ3n) is 5.94. The molecule has 3 heteroatoms. The number of hydrogen-bond donors (Lipinski definition) is 1. The molecule has 0 bridgehead atoms. The summed E-state index contributed by atoms with van der Waals surface area (Å²) in [5, 5.41) is 1.93. The highest BCUT2D eigenvalue weighted by molar-refractivity contribution is 6.34. The van der Waals surface area contributed by atoms with Crippen molar-refractivity contribution in [2.24, 2.45) is 0 Å². The SMILES string of the molecule is Cc1ccc(Cc2cc3cc(-c4ccc(-c5ccncc5)cc4)c(Cl)cc3[nH]2)cc1C. The number of pyridine rings is 1. The Morgan fingerprint density at radius 1 is 0.742 bits per heavy atom. The third-order valence-corrected chi connectivity index (χ3v) is 6.25. The number of benzene rings is 3. The van der Waals surface area contributed by atoms with Gasteiger partial charge in [-0.1, -0.05) is 54.1 Å². The number of nitrogens with zero attached hydrogens (tertiary/aromatic N) is 1. The van der Waals surface area contributed by atoms with Crippen molar-refractivity contribution in [1.82, 2.24) is 9.97 Å². The molecule has 0 saturated heterocycles. The molecular formula is C28H23ClN2. The molecule has 0 aliphatic heterocycles. The molecule has 0 atom stereocenters. The van der Waals surface area contributed by atoms with Crippen LogP contribution in [0.15, 0.2) is 85.2 Å². The van der Waals surface area contributed by atoms with E-state index >= 15 is 0 Å². The summed E-state index contributed by atoms with van der Waals surface area (Å²) in [7, 11) is 0. The first-order valence-electron chi connectivity index (χ1n) is 10.4. The average Bonchev–Trinajstić information content (AvgIpc) is 3.17. The van der Waals surface area contributed by atoms with Crippen LogP contribution in [-0.4, -0.2) is 9.97 Å². The zero-order valence-electron chi connectivity index (χ0n) is 17.6. The molecule has 3 aromatic carbocycles. The van der Waals surface area contributed by atoms with Crippen LogP contribution in [0.4, 0.5) is 0 Å². The van der Waals surface area contributed by atoms with Gasteiger partial charge in [-0.15, -0.1) is 0 Å². The van der Waals surface area contributed by atoms with Crippen LogP contribution in [-0.2, 0) is 6.42 Å². The Morgan fingerprint density at radius 2 is 1.45 bits per heavy atom. The minimum Gasteiger partial charge on any atom is -0.358 e. The van der Waals surface area contributed by atoms with E-state index in [1.807, 2.05) is 30.6 Å². The fourth-order valence-corrected chi connectivity index (χ4v) is 4.32. The number of rotatable bonds is 4. The van der Waals surface area contributed by atoms with Gasteiger partial charge in [0.25, 0.3) is 0 Å². The number of fused-ring (bicyclic) bond motifs is 1. The molecule has 2 nitrogen and oxygen atoms in total. The van der Waals surface area contributed by atoms with Crippen LogP contribution in [0.1, 0.15) is 22.4 Å². The topological polar surface area (TPSA) is 28.7 Å². The Kier molecular flexibility index (Phi) is 5.09. The van der Waals surface area contributed by atoms with Crippen LogP contribution >= 0.6 is 11.6 Å². The van der Waals surface area contributed by atoms with Gasteiger partial charge < -0.3 is 4.98 Å². The monoisotopic (exact) mass is 422 g/mol. The molecule has 1 N–H and O–H groups in total. The first-order chi connectivity index (χ1) is 15.1. The van der Waals surface area contributed by atoms with Crippen molar-refractivity contribution in [3.8, 4) is 22.3 Å². The molecular weight excluding hydrogens is 400 g/mol. The van der Waals surface area contributed by atoms with Crippen LogP contribution in [0.2, 0.25) is 5.02 Å². The molecule has 0 fully saturated rings. The molecule has 31 heavy (non-hydrogen) atoms. The summed E-state index contributed by atoms with van der Waals surface area (Å²) >= 11 is 6.67. The highest BCUT2D eigenvalue weighted by atomic mass is 35.5. The lowest BCUT2D eigenvalue weighted by Crippen LogP contribution is -1.90. The Hall–Kier alpha value is -3.36. The molecule has 0 amide bonds. The molecule has 0 radical (unpaired) electrons. The first-order valence-corrected chi connectivity index (χ1v) is 10.8. The van der Waals surface area contributed by atoms with Gasteiger partial charge in [-0.25, -0.2) is 0 Å². The van der Waals surface area contributed by atoms with Crippen molar-refractivity contribution in [2.75, 3.05) is 0 Å². The molecule has 0 aliphatic rings. The zero-order chi connectivity index (χ0) is 21.4. The molecule has 0 saturated carbocycles. The number of H-pyrrole nitrogens is 1. The maximum absolute atomic E-state index is 6.67. The number of hydrogen-bond acceptors (Lipinski definition) is 1. The quantitative estimate of drug-likeness (QED) is 0.315. The average molecular weight is 423 g/mol. The number of aromatic nitrogens is 2. The van der Waals surface area contributed by atoms with Crippen molar-refractivity contribution < 1.29 is 0 Å². The van der Waals surface area contributed by atoms with Crippen molar-refractivity contribution in [3.05, 3.63) is 113 Å². The van der Waals surface area contributed by atoms with Gasteiger partial charge in [0, 0.05) is 41.0 Å². The zero-order valence-corrected chi connectivity index (χ0v) is 18.4. The largest absolute Gasteiger partial charge is 0.358 e. The predicted octanol–water partition coefficient (Wildman–Crippen LogP) is 7.76. The Labute approximate surface area is 187 Å². The fraction of sp³-hybridized carbons (Fsp3) is 0.107. The fourth-order valence-electron chi connectivity index (χ4n) is 4.05. The second-order valence-electron chi connectivity index (χ2n) is 8.12. The van der Waals surface area contributed by atoms with Gasteiger partial charge in [-0.3, -0.25) is 4.98 Å². The summed E-state index contributed by atoms with van der Waals surface area (Å²) in [5.74, 6) is 0. The van der Waals surface area contributed by atoms with Crippen LogP contribution in [0.5, 0.6) is 0 Å². The van der Waals surface area contributed by atoms with Gasteiger partial charge in [0.05, 0.1) is 5.02 Å². The number of aromatic amines is 1. The second-order valence-corrected chi connectivity index (χ2v) is 8.53. The molecule has 152 valence electrons. The minimum absolute atomic E-state index is 0.753. The van der Waals surface area contributed by atoms with Crippen molar-refractivity contribution >= 4 is 22.5 Å². The Bertz CT molecular complexity index is 1370. The van der Waals surface area contributed by atoms with Crippen molar-refractivity contribution in [3.63, 3.8) is 0 Å². The van der Waals surface area contributed by atoms with Crippen LogP contribution in [0.3, 0.4) is 0 Å². The van der Waals surface area contributed by atoms with E-state index in [-0.39, 0.29) is 0 Å². The van der Waals surface area contributed by atoms with E-state index in [9.17, 15) is 0 Å². The Balaban J connectivity index is 1.46. The van der Waals surface area contributed by atoms with E-state index in [4.69, 9.17) is 11.6 Å². The van der Waals surface area contributed by atoms with Crippen LogP contribution in [0.25, 0.3) is 33.2 Å². The lowest BCUT2D eigenvalue weighted by molar-refractivity contribution is 1.11. The lowest BCUT2D eigenvalue weighted by Gasteiger charge is -2.07. The number of nitrogens with one attached hydrogen (secondary N) is 1. The van der Waals surface area contributed by atoms with Gasteiger partial charge >= 0.3 is 0 Å². The van der Waals surface area contributed by atoms with Gasteiger partial charge in [-0.05, 0) is 77.6 Å². The summed E-state index contributed by atoms with van der Waals surface area (Å²) in [6.07, 6.45) is 4.51.